The standard InChI is InChI=1S/C14H26N2O2.ClH/c15-10-14(7-3-4-8-14)13(18)16-9-11-5-1-2-6-12(11)17;/h11-12,17H,1-10,15H2,(H,16,18);1H. The molecule has 2 fully saturated rings. The number of hydrogen-bond acceptors (Lipinski definition) is 3. The normalized spacial score (nSPS) is 29.6. The van der Waals surface area contributed by atoms with Gasteiger partial charge in [-0.25, -0.2) is 0 Å². The van der Waals surface area contributed by atoms with E-state index >= 15 is 0 Å². The van der Waals surface area contributed by atoms with Crippen LogP contribution in [0.4, 0.5) is 0 Å². The van der Waals surface area contributed by atoms with Crippen LogP contribution in [0.25, 0.3) is 0 Å². The van der Waals surface area contributed by atoms with Crippen LogP contribution in [0.15, 0.2) is 0 Å². The first-order valence-electron chi connectivity index (χ1n) is 7.34. The van der Waals surface area contributed by atoms with E-state index < -0.39 is 0 Å². The minimum atomic E-state index is -0.320. The van der Waals surface area contributed by atoms with Gasteiger partial charge in [-0.3, -0.25) is 4.79 Å². The van der Waals surface area contributed by atoms with E-state index in [-0.39, 0.29) is 35.8 Å². The summed E-state index contributed by atoms with van der Waals surface area (Å²) in [5.74, 6) is 0.346. The number of carbonyl (C=O) groups excluding carboxylic acids is 1. The number of nitrogens with two attached hydrogens (primary N) is 1. The van der Waals surface area contributed by atoms with Gasteiger partial charge in [0.1, 0.15) is 0 Å². The fourth-order valence-corrected chi connectivity index (χ4v) is 3.41. The van der Waals surface area contributed by atoms with Crippen molar-refractivity contribution in [1.29, 1.82) is 0 Å². The van der Waals surface area contributed by atoms with E-state index in [9.17, 15) is 9.90 Å². The Bertz CT molecular complexity index is 293. The first-order chi connectivity index (χ1) is 8.68. The summed E-state index contributed by atoms with van der Waals surface area (Å²) < 4.78 is 0. The molecular formula is C14H27ClN2O2. The molecule has 4 N–H and O–H groups in total. The Morgan fingerprint density at radius 1 is 1.21 bits per heavy atom. The number of aliphatic hydroxyl groups excluding tert-OH is 1. The van der Waals surface area contributed by atoms with Gasteiger partial charge in [0.05, 0.1) is 11.5 Å². The third-order valence-corrected chi connectivity index (χ3v) is 4.83. The van der Waals surface area contributed by atoms with Crippen LogP contribution in [0, 0.1) is 11.3 Å². The van der Waals surface area contributed by atoms with E-state index in [4.69, 9.17) is 5.73 Å². The van der Waals surface area contributed by atoms with Gasteiger partial charge < -0.3 is 16.2 Å². The van der Waals surface area contributed by atoms with Crippen molar-refractivity contribution >= 4 is 18.3 Å². The van der Waals surface area contributed by atoms with Crippen LogP contribution < -0.4 is 11.1 Å². The molecule has 19 heavy (non-hydrogen) atoms. The minimum absolute atomic E-state index is 0. The van der Waals surface area contributed by atoms with Gasteiger partial charge in [-0.15, -0.1) is 12.4 Å². The molecule has 112 valence electrons. The van der Waals surface area contributed by atoms with Crippen LogP contribution in [0.3, 0.4) is 0 Å². The molecule has 2 saturated carbocycles. The zero-order chi connectivity index (χ0) is 13.0. The quantitative estimate of drug-likeness (QED) is 0.736. The second-order valence-corrected chi connectivity index (χ2v) is 6.01. The predicted molar refractivity (Wildman–Crippen MR) is 78.2 cm³/mol. The summed E-state index contributed by atoms with van der Waals surface area (Å²) in [5.41, 5.74) is 5.48. The molecule has 0 heterocycles. The lowest BCUT2D eigenvalue weighted by molar-refractivity contribution is -0.130. The van der Waals surface area contributed by atoms with E-state index in [1.807, 2.05) is 0 Å². The maximum absolute atomic E-state index is 12.3. The van der Waals surface area contributed by atoms with Crippen LogP contribution in [0.1, 0.15) is 51.4 Å². The molecule has 0 spiro atoms. The zero-order valence-corrected chi connectivity index (χ0v) is 12.4. The lowest BCUT2D eigenvalue weighted by Crippen LogP contribution is -2.47. The Labute approximate surface area is 121 Å². The largest absolute Gasteiger partial charge is 0.393 e. The number of halogens is 1. The van der Waals surface area contributed by atoms with E-state index in [0.717, 1.165) is 44.9 Å². The molecule has 5 heteroatoms. The van der Waals surface area contributed by atoms with Crippen molar-refractivity contribution in [2.75, 3.05) is 13.1 Å². The van der Waals surface area contributed by atoms with Crippen molar-refractivity contribution in [3.8, 4) is 0 Å². The summed E-state index contributed by atoms with van der Waals surface area (Å²) in [6.07, 6.45) is 7.99. The van der Waals surface area contributed by atoms with Crippen LogP contribution in [0.5, 0.6) is 0 Å². The van der Waals surface area contributed by atoms with Gasteiger partial charge in [-0.05, 0) is 25.7 Å². The molecule has 0 aromatic heterocycles. The number of rotatable bonds is 4. The van der Waals surface area contributed by atoms with Crippen molar-refractivity contribution in [1.82, 2.24) is 5.32 Å². The zero-order valence-electron chi connectivity index (χ0n) is 11.6. The highest BCUT2D eigenvalue weighted by Gasteiger charge is 2.40. The van der Waals surface area contributed by atoms with Crippen molar-refractivity contribution in [2.24, 2.45) is 17.1 Å². The van der Waals surface area contributed by atoms with E-state index in [1.165, 1.54) is 6.42 Å². The molecular weight excluding hydrogens is 264 g/mol. The molecule has 0 aromatic carbocycles. The van der Waals surface area contributed by atoms with Crippen LogP contribution in [-0.4, -0.2) is 30.2 Å². The lowest BCUT2D eigenvalue weighted by atomic mass is 9.83. The number of nitrogens with one attached hydrogen (secondary N) is 1. The monoisotopic (exact) mass is 290 g/mol. The Balaban J connectivity index is 0.00000180. The smallest absolute Gasteiger partial charge is 0.227 e. The molecule has 0 bridgehead atoms. The molecule has 0 saturated heterocycles. The van der Waals surface area contributed by atoms with E-state index in [1.54, 1.807) is 0 Å². The van der Waals surface area contributed by atoms with E-state index in [0.29, 0.717) is 13.1 Å². The fraction of sp³-hybridized carbons (Fsp3) is 0.929. The van der Waals surface area contributed by atoms with Crippen LogP contribution in [0.2, 0.25) is 0 Å². The number of amides is 1. The van der Waals surface area contributed by atoms with Crippen molar-refractivity contribution < 1.29 is 9.90 Å². The maximum Gasteiger partial charge on any atom is 0.227 e. The molecule has 0 aromatic rings. The van der Waals surface area contributed by atoms with Gasteiger partial charge in [-0.1, -0.05) is 25.7 Å². The van der Waals surface area contributed by atoms with Gasteiger partial charge in [0.25, 0.3) is 0 Å². The number of aliphatic hydroxyl groups is 1. The van der Waals surface area contributed by atoms with Crippen LogP contribution >= 0.6 is 12.4 Å². The highest BCUT2D eigenvalue weighted by atomic mass is 35.5. The second-order valence-electron chi connectivity index (χ2n) is 6.01. The summed E-state index contributed by atoms with van der Waals surface area (Å²) in [6, 6.07) is 0. The average molecular weight is 291 g/mol. The van der Waals surface area contributed by atoms with Gasteiger partial charge in [0.2, 0.25) is 5.91 Å². The molecule has 0 radical (unpaired) electrons. The molecule has 2 rings (SSSR count). The fourth-order valence-electron chi connectivity index (χ4n) is 3.41. The third-order valence-electron chi connectivity index (χ3n) is 4.83. The predicted octanol–water partition coefficient (Wildman–Crippen LogP) is 1.59. The van der Waals surface area contributed by atoms with Gasteiger partial charge in [0.15, 0.2) is 0 Å². The van der Waals surface area contributed by atoms with Crippen molar-refractivity contribution in [2.45, 2.75) is 57.5 Å². The number of carbonyl (C=O) groups is 1. The summed E-state index contributed by atoms with van der Waals surface area (Å²) in [6.45, 7) is 1.06. The SMILES string of the molecule is Cl.NCC1(C(=O)NCC2CCCCC2O)CCCC1. The topological polar surface area (TPSA) is 75.4 Å². The van der Waals surface area contributed by atoms with Gasteiger partial charge in [-0.2, -0.15) is 0 Å². The molecule has 4 nitrogen and oxygen atoms in total. The summed E-state index contributed by atoms with van der Waals surface area (Å²) in [4.78, 5) is 12.3. The van der Waals surface area contributed by atoms with Gasteiger partial charge >= 0.3 is 0 Å². The van der Waals surface area contributed by atoms with Crippen molar-refractivity contribution in [3.63, 3.8) is 0 Å². The summed E-state index contributed by atoms with van der Waals surface area (Å²) in [5, 5.41) is 12.9. The van der Waals surface area contributed by atoms with Crippen LogP contribution in [-0.2, 0) is 4.79 Å². The molecule has 2 aliphatic rings. The van der Waals surface area contributed by atoms with Gasteiger partial charge in [0, 0.05) is 19.0 Å². The van der Waals surface area contributed by atoms with E-state index in [2.05, 4.69) is 5.32 Å². The number of hydrogen-bond donors (Lipinski definition) is 3. The average Bonchev–Trinajstić information content (AvgIpc) is 2.87. The maximum atomic E-state index is 12.3. The molecule has 0 aliphatic heterocycles. The first kappa shape index (κ1) is 16.7. The lowest BCUT2D eigenvalue weighted by Gasteiger charge is -2.30. The highest BCUT2D eigenvalue weighted by Crippen LogP contribution is 2.37. The minimum Gasteiger partial charge on any atom is -0.393 e. The Morgan fingerprint density at radius 2 is 1.84 bits per heavy atom. The molecule has 2 unspecified atom stereocenters. The summed E-state index contributed by atoms with van der Waals surface area (Å²) >= 11 is 0. The Hall–Kier alpha value is -0.320. The molecule has 2 atom stereocenters. The molecule has 1 amide bonds. The highest BCUT2D eigenvalue weighted by molar-refractivity contribution is 5.85. The summed E-state index contributed by atoms with van der Waals surface area (Å²) in [7, 11) is 0. The third kappa shape index (κ3) is 3.83. The second kappa shape index (κ2) is 7.46. The molecule has 2 aliphatic carbocycles. The Kier molecular flexibility index (Phi) is 6.57. The first-order valence-corrected chi connectivity index (χ1v) is 7.34. The van der Waals surface area contributed by atoms with Crippen molar-refractivity contribution in [3.05, 3.63) is 0 Å². The Morgan fingerprint density at radius 3 is 2.42 bits per heavy atom.